The Morgan fingerprint density at radius 1 is 1.09 bits per heavy atom. The third-order valence-corrected chi connectivity index (χ3v) is 3.99. The van der Waals surface area contributed by atoms with E-state index in [-0.39, 0.29) is 0 Å². The van der Waals surface area contributed by atoms with Crippen LogP contribution in [0, 0.1) is 6.92 Å². The molecule has 0 radical (unpaired) electrons. The van der Waals surface area contributed by atoms with Crippen molar-refractivity contribution < 1.29 is 4.74 Å². The molecule has 22 heavy (non-hydrogen) atoms. The molecule has 3 rings (SSSR count). The zero-order chi connectivity index (χ0) is 15.7. The lowest BCUT2D eigenvalue weighted by atomic mass is 10.0. The summed E-state index contributed by atoms with van der Waals surface area (Å²) in [7, 11) is 3.60. The second-order valence-electron chi connectivity index (χ2n) is 5.32. The van der Waals surface area contributed by atoms with Crippen molar-refractivity contribution in [1.29, 1.82) is 0 Å². The monoisotopic (exact) mass is 310 g/mol. The average molecular weight is 310 g/mol. The van der Waals surface area contributed by atoms with Gasteiger partial charge < -0.3 is 4.74 Å². The van der Waals surface area contributed by atoms with Crippen LogP contribution in [0.2, 0.25) is 0 Å². The first-order valence-corrected chi connectivity index (χ1v) is 7.51. The van der Waals surface area contributed by atoms with Crippen molar-refractivity contribution in [3.8, 4) is 28.1 Å². The Labute approximate surface area is 136 Å². The Bertz CT molecular complexity index is 824. The summed E-state index contributed by atoms with van der Waals surface area (Å²) in [4.78, 5) is 0.956. The van der Waals surface area contributed by atoms with Crippen molar-refractivity contribution in [2.75, 3.05) is 7.11 Å². The summed E-state index contributed by atoms with van der Waals surface area (Å²) in [5, 5.41) is 4.62. The number of hydrogen-bond donors (Lipinski definition) is 1. The van der Waals surface area contributed by atoms with Gasteiger partial charge in [0.2, 0.25) is 0 Å². The minimum absolute atomic E-state index is 0.823. The molecular formula is C18H18N2OS. The van der Waals surface area contributed by atoms with Crippen molar-refractivity contribution in [2.45, 2.75) is 11.8 Å². The first-order valence-electron chi connectivity index (χ1n) is 7.06. The molecule has 0 fully saturated rings. The Morgan fingerprint density at radius 3 is 2.64 bits per heavy atom. The highest BCUT2D eigenvalue weighted by Gasteiger charge is 2.14. The van der Waals surface area contributed by atoms with Crippen LogP contribution in [0.1, 0.15) is 5.56 Å². The van der Waals surface area contributed by atoms with Gasteiger partial charge in [-0.25, -0.2) is 0 Å². The zero-order valence-corrected chi connectivity index (χ0v) is 13.8. The second-order valence-corrected chi connectivity index (χ2v) is 5.80. The molecule has 0 spiro atoms. The molecule has 1 aromatic heterocycles. The third kappa shape index (κ3) is 2.74. The molecule has 0 saturated carbocycles. The maximum absolute atomic E-state index is 5.32. The lowest BCUT2D eigenvalue weighted by Gasteiger charge is -2.08. The van der Waals surface area contributed by atoms with Crippen LogP contribution in [0.15, 0.2) is 53.6 Å². The summed E-state index contributed by atoms with van der Waals surface area (Å²) in [6.45, 7) is 2.07. The highest BCUT2D eigenvalue weighted by molar-refractivity contribution is 7.80. The molecule has 3 aromatic rings. The number of nitrogens with zero attached hydrogens (tertiary/aromatic N) is 2. The molecule has 0 aliphatic carbocycles. The van der Waals surface area contributed by atoms with E-state index in [0.29, 0.717) is 0 Å². The number of benzene rings is 2. The van der Waals surface area contributed by atoms with Gasteiger partial charge >= 0.3 is 0 Å². The lowest BCUT2D eigenvalue weighted by molar-refractivity contribution is 0.415. The summed E-state index contributed by atoms with van der Waals surface area (Å²) < 4.78 is 7.15. The Balaban J connectivity index is 2.17. The van der Waals surface area contributed by atoms with Gasteiger partial charge in [-0.1, -0.05) is 24.3 Å². The molecule has 1 heterocycles. The number of hydrogen-bond acceptors (Lipinski definition) is 3. The van der Waals surface area contributed by atoms with Crippen LogP contribution in [-0.4, -0.2) is 16.9 Å². The van der Waals surface area contributed by atoms with E-state index in [9.17, 15) is 0 Å². The normalized spacial score (nSPS) is 10.7. The average Bonchev–Trinajstić information content (AvgIpc) is 2.89. The Morgan fingerprint density at radius 2 is 1.91 bits per heavy atom. The van der Waals surface area contributed by atoms with Crippen molar-refractivity contribution in [1.82, 2.24) is 9.78 Å². The molecule has 0 saturated heterocycles. The van der Waals surface area contributed by atoms with Gasteiger partial charge in [0.15, 0.2) is 0 Å². The van der Waals surface area contributed by atoms with E-state index in [2.05, 4.69) is 42.9 Å². The lowest BCUT2D eigenvalue weighted by Crippen LogP contribution is -1.89. The number of ether oxygens (including phenoxy) is 1. The summed E-state index contributed by atoms with van der Waals surface area (Å²) in [5.74, 6) is 0.823. The molecular weight excluding hydrogens is 292 g/mol. The van der Waals surface area contributed by atoms with Crippen LogP contribution >= 0.6 is 12.6 Å². The maximum atomic E-state index is 5.32. The summed E-state index contributed by atoms with van der Waals surface area (Å²) in [6.07, 6.45) is 2.03. The summed E-state index contributed by atoms with van der Waals surface area (Å²) in [6, 6.07) is 14.2. The molecule has 0 unspecified atom stereocenters. The van der Waals surface area contributed by atoms with Crippen molar-refractivity contribution in [2.24, 2.45) is 7.05 Å². The van der Waals surface area contributed by atoms with Gasteiger partial charge in [0.05, 0.1) is 7.11 Å². The minimum atomic E-state index is 0.823. The van der Waals surface area contributed by atoms with E-state index in [4.69, 9.17) is 4.74 Å². The summed E-state index contributed by atoms with van der Waals surface area (Å²) >= 11 is 4.62. The van der Waals surface area contributed by atoms with Crippen LogP contribution < -0.4 is 4.74 Å². The molecule has 0 aliphatic rings. The Hall–Kier alpha value is -2.20. The SMILES string of the molecule is COc1cccc(-c2nn(C)cc2-c2ccc(C)cc2S)c1. The smallest absolute Gasteiger partial charge is 0.119 e. The van der Waals surface area contributed by atoms with E-state index < -0.39 is 0 Å². The largest absolute Gasteiger partial charge is 0.497 e. The molecule has 0 N–H and O–H groups in total. The molecule has 4 heteroatoms. The van der Waals surface area contributed by atoms with E-state index >= 15 is 0 Å². The molecule has 2 aromatic carbocycles. The van der Waals surface area contributed by atoms with Crippen LogP contribution in [0.4, 0.5) is 0 Å². The molecule has 0 bridgehead atoms. The van der Waals surface area contributed by atoms with Gasteiger partial charge in [-0.2, -0.15) is 5.10 Å². The standard InChI is InChI=1S/C18H18N2OS/c1-12-7-8-15(17(22)9-12)16-11-20(2)19-18(16)13-5-4-6-14(10-13)21-3/h4-11,22H,1-3H3. The third-order valence-electron chi connectivity index (χ3n) is 3.62. The first-order chi connectivity index (χ1) is 10.6. The van der Waals surface area contributed by atoms with E-state index in [1.807, 2.05) is 42.2 Å². The predicted molar refractivity (Wildman–Crippen MR) is 92.6 cm³/mol. The van der Waals surface area contributed by atoms with Crippen LogP contribution in [0.5, 0.6) is 5.75 Å². The molecule has 3 nitrogen and oxygen atoms in total. The zero-order valence-electron chi connectivity index (χ0n) is 12.9. The van der Waals surface area contributed by atoms with Gasteiger partial charge in [-0.15, -0.1) is 12.6 Å². The number of thiol groups is 1. The highest BCUT2D eigenvalue weighted by Crippen LogP contribution is 2.35. The van der Waals surface area contributed by atoms with E-state index in [1.54, 1.807) is 7.11 Å². The van der Waals surface area contributed by atoms with Gasteiger partial charge in [0, 0.05) is 29.3 Å². The fourth-order valence-corrected chi connectivity index (χ4v) is 2.94. The molecule has 0 atom stereocenters. The molecule has 112 valence electrons. The molecule has 0 aliphatic heterocycles. The van der Waals surface area contributed by atoms with Crippen LogP contribution in [0.3, 0.4) is 0 Å². The van der Waals surface area contributed by atoms with Gasteiger partial charge in [0.1, 0.15) is 11.4 Å². The quantitative estimate of drug-likeness (QED) is 0.728. The van der Waals surface area contributed by atoms with Crippen molar-refractivity contribution in [3.63, 3.8) is 0 Å². The van der Waals surface area contributed by atoms with Crippen molar-refractivity contribution >= 4 is 12.6 Å². The topological polar surface area (TPSA) is 27.1 Å². The van der Waals surface area contributed by atoms with Gasteiger partial charge in [-0.05, 0) is 36.2 Å². The van der Waals surface area contributed by atoms with Gasteiger partial charge in [-0.3, -0.25) is 4.68 Å². The fraction of sp³-hybridized carbons (Fsp3) is 0.167. The number of rotatable bonds is 3. The Kier molecular flexibility index (Phi) is 3.94. The number of aromatic nitrogens is 2. The van der Waals surface area contributed by atoms with Crippen LogP contribution in [0.25, 0.3) is 22.4 Å². The number of aryl methyl sites for hydroxylation is 2. The highest BCUT2D eigenvalue weighted by atomic mass is 32.1. The predicted octanol–water partition coefficient (Wildman–Crippen LogP) is 4.36. The van der Waals surface area contributed by atoms with E-state index in [0.717, 1.165) is 33.0 Å². The summed E-state index contributed by atoms with van der Waals surface area (Å²) in [5.41, 5.74) is 5.31. The van der Waals surface area contributed by atoms with Crippen molar-refractivity contribution in [3.05, 3.63) is 54.2 Å². The number of methoxy groups -OCH3 is 1. The van der Waals surface area contributed by atoms with Crippen LogP contribution in [-0.2, 0) is 7.05 Å². The minimum Gasteiger partial charge on any atom is -0.497 e. The second kappa shape index (κ2) is 5.89. The fourth-order valence-electron chi connectivity index (χ4n) is 2.54. The van der Waals surface area contributed by atoms with E-state index in [1.165, 1.54) is 5.56 Å². The maximum Gasteiger partial charge on any atom is 0.119 e. The first kappa shape index (κ1) is 14.7. The van der Waals surface area contributed by atoms with Gasteiger partial charge in [0.25, 0.3) is 0 Å². The molecule has 0 amide bonds.